The minimum atomic E-state index is 0.160. The van der Waals surface area contributed by atoms with E-state index in [0.717, 1.165) is 12.8 Å². The number of aryl methyl sites for hydroxylation is 2. The monoisotopic (exact) mass is 232 g/mol. The van der Waals surface area contributed by atoms with Crippen LogP contribution in [0, 0.1) is 6.92 Å². The lowest BCUT2D eigenvalue weighted by Gasteiger charge is -2.10. The van der Waals surface area contributed by atoms with Gasteiger partial charge in [-0.3, -0.25) is 4.98 Å². The molecule has 1 unspecified atom stereocenters. The Morgan fingerprint density at radius 3 is 2.69 bits per heavy atom. The predicted molar refractivity (Wildman–Crippen MR) is 68.5 cm³/mol. The van der Waals surface area contributed by atoms with Crippen molar-refractivity contribution in [1.82, 2.24) is 4.98 Å². The molecule has 0 fully saturated rings. The lowest BCUT2D eigenvalue weighted by molar-refractivity contribution is 0.658. The summed E-state index contributed by atoms with van der Waals surface area (Å²) in [5.41, 5.74) is 8.80. The summed E-state index contributed by atoms with van der Waals surface area (Å²) in [6, 6.07) is 6.39. The molecular formula is C13H16N2S. The molecular weight excluding hydrogens is 216 g/mol. The Bertz CT molecular complexity index is 436. The summed E-state index contributed by atoms with van der Waals surface area (Å²) in [4.78, 5) is 5.32. The van der Waals surface area contributed by atoms with E-state index in [1.807, 2.05) is 24.5 Å². The smallest absolute Gasteiger partial charge is 0.0395 e. The Balaban J connectivity index is 1.94. The highest BCUT2D eigenvalue weighted by Crippen LogP contribution is 2.25. The number of aromatic nitrogens is 1. The van der Waals surface area contributed by atoms with E-state index in [1.54, 1.807) is 11.3 Å². The summed E-state index contributed by atoms with van der Waals surface area (Å²) in [5, 5.41) is 2.11. The summed E-state index contributed by atoms with van der Waals surface area (Å²) >= 11 is 1.76. The summed E-state index contributed by atoms with van der Waals surface area (Å²) in [6.45, 7) is 2.12. The zero-order chi connectivity index (χ0) is 11.4. The molecule has 2 aromatic rings. The zero-order valence-electron chi connectivity index (χ0n) is 9.39. The average Bonchev–Trinajstić information content (AvgIpc) is 2.74. The topological polar surface area (TPSA) is 38.9 Å². The molecule has 84 valence electrons. The lowest BCUT2D eigenvalue weighted by Crippen LogP contribution is -2.10. The Morgan fingerprint density at radius 2 is 2.06 bits per heavy atom. The first-order chi connectivity index (χ1) is 7.77. The van der Waals surface area contributed by atoms with E-state index in [-0.39, 0.29) is 6.04 Å². The van der Waals surface area contributed by atoms with E-state index < -0.39 is 0 Å². The van der Waals surface area contributed by atoms with Crippen LogP contribution in [-0.4, -0.2) is 4.98 Å². The van der Waals surface area contributed by atoms with Crippen molar-refractivity contribution >= 4 is 11.3 Å². The maximum atomic E-state index is 6.18. The van der Waals surface area contributed by atoms with Crippen molar-refractivity contribution in [2.75, 3.05) is 0 Å². The largest absolute Gasteiger partial charge is 0.323 e. The molecule has 2 heterocycles. The average molecular weight is 232 g/mol. The molecule has 0 radical (unpaired) electrons. The molecule has 2 rings (SSSR count). The van der Waals surface area contributed by atoms with Gasteiger partial charge in [-0.2, -0.15) is 0 Å². The summed E-state index contributed by atoms with van der Waals surface area (Å²) in [7, 11) is 0. The number of rotatable bonds is 4. The molecule has 1 atom stereocenters. The first-order valence-electron chi connectivity index (χ1n) is 5.46. The SMILES string of the molecule is Cc1ccsc1C(N)CCc1ccncc1. The van der Waals surface area contributed by atoms with Gasteiger partial charge in [0, 0.05) is 23.3 Å². The van der Waals surface area contributed by atoms with Crippen LogP contribution in [0.5, 0.6) is 0 Å². The summed E-state index contributed by atoms with van der Waals surface area (Å²) in [6.07, 6.45) is 5.67. The molecule has 0 spiro atoms. The third kappa shape index (κ3) is 2.68. The second-order valence-electron chi connectivity index (χ2n) is 3.97. The molecule has 2 nitrogen and oxygen atoms in total. The Hall–Kier alpha value is -1.19. The fourth-order valence-electron chi connectivity index (χ4n) is 1.77. The highest BCUT2D eigenvalue weighted by Gasteiger charge is 2.10. The fraction of sp³-hybridized carbons (Fsp3) is 0.308. The van der Waals surface area contributed by atoms with E-state index in [1.165, 1.54) is 16.0 Å². The van der Waals surface area contributed by atoms with Gasteiger partial charge in [0.1, 0.15) is 0 Å². The van der Waals surface area contributed by atoms with Crippen LogP contribution in [0.15, 0.2) is 36.0 Å². The molecule has 0 aliphatic carbocycles. The highest BCUT2D eigenvalue weighted by molar-refractivity contribution is 7.10. The third-order valence-corrected chi connectivity index (χ3v) is 3.88. The molecule has 0 aliphatic rings. The Labute approximate surface area is 100 Å². The maximum Gasteiger partial charge on any atom is 0.0395 e. The van der Waals surface area contributed by atoms with E-state index in [9.17, 15) is 0 Å². The van der Waals surface area contributed by atoms with E-state index >= 15 is 0 Å². The van der Waals surface area contributed by atoms with Crippen LogP contribution in [0.3, 0.4) is 0 Å². The van der Waals surface area contributed by atoms with Crippen LogP contribution in [0.25, 0.3) is 0 Å². The van der Waals surface area contributed by atoms with Crippen molar-refractivity contribution in [3.8, 4) is 0 Å². The Kier molecular flexibility index (Phi) is 3.70. The lowest BCUT2D eigenvalue weighted by atomic mass is 10.0. The molecule has 0 aliphatic heterocycles. The molecule has 0 saturated carbocycles. The van der Waals surface area contributed by atoms with Gasteiger partial charge in [-0.05, 0) is 54.5 Å². The summed E-state index contributed by atoms with van der Waals surface area (Å²) < 4.78 is 0. The second-order valence-corrected chi connectivity index (χ2v) is 4.92. The third-order valence-electron chi connectivity index (χ3n) is 2.73. The van der Waals surface area contributed by atoms with Crippen LogP contribution in [0.4, 0.5) is 0 Å². The number of thiophene rings is 1. The van der Waals surface area contributed by atoms with Crippen LogP contribution < -0.4 is 5.73 Å². The van der Waals surface area contributed by atoms with Crippen molar-refractivity contribution in [2.45, 2.75) is 25.8 Å². The van der Waals surface area contributed by atoms with Gasteiger partial charge >= 0.3 is 0 Å². The number of nitrogens with zero attached hydrogens (tertiary/aromatic N) is 1. The van der Waals surface area contributed by atoms with Crippen LogP contribution in [0.1, 0.15) is 28.5 Å². The fourth-order valence-corrected chi connectivity index (χ4v) is 2.73. The van der Waals surface area contributed by atoms with Gasteiger partial charge in [0.05, 0.1) is 0 Å². The first kappa shape index (κ1) is 11.3. The van der Waals surface area contributed by atoms with Crippen LogP contribution in [-0.2, 0) is 6.42 Å². The Morgan fingerprint density at radius 1 is 1.31 bits per heavy atom. The van der Waals surface area contributed by atoms with Crippen molar-refractivity contribution in [3.05, 3.63) is 52.0 Å². The molecule has 2 N–H and O–H groups in total. The molecule has 0 saturated heterocycles. The maximum absolute atomic E-state index is 6.18. The summed E-state index contributed by atoms with van der Waals surface area (Å²) in [5.74, 6) is 0. The van der Waals surface area contributed by atoms with Gasteiger partial charge in [0.15, 0.2) is 0 Å². The number of hydrogen-bond acceptors (Lipinski definition) is 3. The number of nitrogens with two attached hydrogens (primary N) is 1. The van der Waals surface area contributed by atoms with E-state index in [4.69, 9.17) is 5.73 Å². The van der Waals surface area contributed by atoms with Gasteiger partial charge in [0.2, 0.25) is 0 Å². The van der Waals surface area contributed by atoms with E-state index in [2.05, 4.69) is 23.4 Å². The minimum Gasteiger partial charge on any atom is -0.323 e. The van der Waals surface area contributed by atoms with Gasteiger partial charge in [0.25, 0.3) is 0 Å². The predicted octanol–water partition coefficient (Wildman–Crippen LogP) is 3.08. The van der Waals surface area contributed by atoms with Gasteiger partial charge in [-0.15, -0.1) is 11.3 Å². The van der Waals surface area contributed by atoms with Crippen LogP contribution >= 0.6 is 11.3 Å². The normalized spacial score (nSPS) is 12.6. The molecule has 3 heteroatoms. The van der Waals surface area contributed by atoms with E-state index in [0.29, 0.717) is 0 Å². The van der Waals surface area contributed by atoms with Gasteiger partial charge < -0.3 is 5.73 Å². The zero-order valence-corrected chi connectivity index (χ0v) is 10.2. The minimum absolute atomic E-state index is 0.160. The first-order valence-corrected chi connectivity index (χ1v) is 6.34. The molecule has 2 aromatic heterocycles. The molecule has 0 amide bonds. The van der Waals surface area contributed by atoms with Gasteiger partial charge in [-0.1, -0.05) is 0 Å². The van der Waals surface area contributed by atoms with Gasteiger partial charge in [-0.25, -0.2) is 0 Å². The quantitative estimate of drug-likeness (QED) is 0.879. The number of hydrogen-bond donors (Lipinski definition) is 1. The molecule has 16 heavy (non-hydrogen) atoms. The number of pyridine rings is 1. The van der Waals surface area contributed by atoms with Crippen molar-refractivity contribution in [1.29, 1.82) is 0 Å². The standard InChI is InChI=1S/C13H16N2S/c1-10-6-9-16-13(10)12(14)3-2-11-4-7-15-8-5-11/h4-9,12H,2-3,14H2,1H3. The van der Waals surface area contributed by atoms with Crippen LogP contribution in [0.2, 0.25) is 0 Å². The molecule has 0 aromatic carbocycles. The molecule has 0 bridgehead atoms. The second kappa shape index (κ2) is 5.23. The highest BCUT2D eigenvalue weighted by atomic mass is 32.1. The van der Waals surface area contributed by atoms with Crippen molar-refractivity contribution in [3.63, 3.8) is 0 Å². The van der Waals surface area contributed by atoms with Crippen molar-refractivity contribution < 1.29 is 0 Å². The van der Waals surface area contributed by atoms with Crippen molar-refractivity contribution in [2.24, 2.45) is 5.73 Å².